The number of nitrogens with zero attached hydrogens (tertiary/aromatic N) is 2. The number of carbonyl (C=O) groups excluding carboxylic acids is 2. The van der Waals surface area contributed by atoms with Crippen molar-refractivity contribution >= 4 is 11.8 Å². The molecule has 182 valence electrons. The third-order valence-electron chi connectivity index (χ3n) is 7.81. The number of nitrogens with two attached hydrogens (primary N) is 1. The lowest BCUT2D eigenvalue weighted by Crippen LogP contribution is -2.96. The molecular weight excluding hydrogens is 447 g/mol. The summed E-state index contributed by atoms with van der Waals surface area (Å²) in [4.78, 5) is 32.9. The molecule has 0 spiro atoms. The topological polar surface area (TPSA) is 103 Å². The molecule has 3 heterocycles. The number of quaternary nitrogens is 1. The molecule has 8 nitrogen and oxygen atoms in total. The fraction of sp³-hybridized carbons (Fsp3) is 0.423. The van der Waals surface area contributed by atoms with E-state index >= 15 is 0 Å². The van der Waals surface area contributed by atoms with E-state index < -0.39 is 18.0 Å². The molecule has 0 unspecified atom stereocenters. The van der Waals surface area contributed by atoms with Gasteiger partial charge >= 0.3 is 0 Å². The van der Waals surface area contributed by atoms with E-state index in [1.54, 1.807) is 22.7 Å². The minimum absolute atomic E-state index is 0.0652. The first-order valence-corrected chi connectivity index (χ1v) is 12.4. The Kier molecular flexibility index (Phi) is 5.64. The molecule has 6 rings (SSSR count). The van der Waals surface area contributed by atoms with Crippen molar-refractivity contribution in [1.82, 2.24) is 26.1 Å². The van der Waals surface area contributed by atoms with Crippen molar-refractivity contribution in [2.45, 2.75) is 50.1 Å². The number of hydrogen-bond donors (Lipinski definition) is 4. The smallest absolute Gasteiger partial charge is 0.243 e. The predicted octanol–water partition coefficient (Wildman–Crippen LogP) is 1.36. The molecule has 1 saturated heterocycles. The average Bonchev–Trinajstić information content (AvgIpc) is 3.49. The highest BCUT2D eigenvalue weighted by molar-refractivity contribution is 5.90. The standard InChI is InChI=1S/C26H29FN6O2/c27-25-20(15-6-7-15)10-11-21(29-25)23(16-4-2-1-3-5-16)30-26(35)24-19-9-8-17(19)14-33(24)22(34)12-18-13-28-32-31-18/h1-5,10-11,13,15,17,19,23-24,28,31-32H,6-9,12,14H2,(H,30,35)/p+1/t17-,19-,23-,24-/m0/s1. The van der Waals surface area contributed by atoms with Crippen LogP contribution < -0.4 is 21.7 Å². The van der Waals surface area contributed by atoms with Crippen molar-refractivity contribution in [1.29, 1.82) is 0 Å². The zero-order valence-electron chi connectivity index (χ0n) is 19.4. The second-order valence-electron chi connectivity index (χ2n) is 10.0. The number of pyridine rings is 1. The minimum Gasteiger partial charge on any atom is -0.342 e. The lowest BCUT2D eigenvalue weighted by Gasteiger charge is -2.34. The Morgan fingerprint density at radius 1 is 1.14 bits per heavy atom. The molecule has 9 heteroatoms. The number of halogens is 1. The van der Waals surface area contributed by atoms with Gasteiger partial charge in [0.2, 0.25) is 17.8 Å². The number of fused-ring (bicyclic) bond motifs is 1. The summed E-state index contributed by atoms with van der Waals surface area (Å²) >= 11 is 0. The van der Waals surface area contributed by atoms with Gasteiger partial charge in [-0.25, -0.2) is 15.8 Å². The van der Waals surface area contributed by atoms with Gasteiger partial charge in [0, 0.05) is 12.1 Å². The van der Waals surface area contributed by atoms with Gasteiger partial charge in [0.1, 0.15) is 6.04 Å². The van der Waals surface area contributed by atoms with E-state index in [0.717, 1.165) is 36.9 Å². The van der Waals surface area contributed by atoms with Crippen LogP contribution in [0.15, 0.2) is 54.4 Å². The first-order chi connectivity index (χ1) is 17.1. The van der Waals surface area contributed by atoms with Gasteiger partial charge in [0.25, 0.3) is 0 Å². The van der Waals surface area contributed by atoms with Crippen molar-refractivity contribution in [3.05, 3.63) is 77.1 Å². The van der Waals surface area contributed by atoms with Crippen LogP contribution in [0.4, 0.5) is 4.39 Å². The third kappa shape index (κ3) is 4.25. The maximum Gasteiger partial charge on any atom is 0.243 e. The molecule has 4 aliphatic rings. The number of likely N-dealkylation sites (tertiary alicyclic amines) is 1. The van der Waals surface area contributed by atoms with Gasteiger partial charge in [-0.3, -0.25) is 9.59 Å². The van der Waals surface area contributed by atoms with E-state index in [2.05, 4.69) is 21.2 Å². The molecule has 1 aromatic carbocycles. The quantitative estimate of drug-likeness (QED) is 0.356. The van der Waals surface area contributed by atoms with Crippen LogP contribution in [-0.2, 0) is 9.59 Å². The first kappa shape index (κ1) is 22.0. The number of hydrogen-bond acceptors (Lipinski definition) is 5. The highest BCUT2D eigenvalue weighted by atomic mass is 19.1. The molecule has 4 atom stereocenters. The highest BCUT2D eigenvalue weighted by Crippen LogP contribution is 2.45. The molecule has 5 N–H and O–H groups in total. The lowest BCUT2D eigenvalue weighted by atomic mass is 9.73. The summed E-state index contributed by atoms with van der Waals surface area (Å²) < 4.78 is 14.8. The van der Waals surface area contributed by atoms with Crippen LogP contribution in [0.5, 0.6) is 0 Å². The van der Waals surface area contributed by atoms with Crippen molar-refractivity contribution in [2.75, 3.05) is 6.54 Å². The van der Waals surface area contributed by atoms with Gasteiger partial charge in [-0.2, -0.15) is 9.93 Å². The summed E-state index contributed by atoms with van der Waals surface area (Å²) in [6.45, 7) is 0.602. The van der Waals surface area contributed by atoms with Gasteiger partial charge in [0.05, 0.1) is 30.1 Å². The van der Waals surface area contributed by atoms with E-state index in [-0.39, 0.29) is 30.1 Å². The summed E-state index contributed by atoms with van der Waals surface area (Å²) in [6, 6.07) is 12.0. The monoisotopic (exact) mass is 477 g/mol. The van der Waals surface area contributed by atoms with E-state index in [4.69, 9.17) is 0 Å². The molecule has 0 bridgehead atoms. The van der Waals surface area contributed by atoms with Crippen LogP contribution >= 0.6 is 0 Å². The second-order valence-corrected chi connectivity index (χ2v) is 10.0. The summed E-state index contributed by atoms with van der Waals surface area (Å²) in [5.41, 5.74) is 10.4. The van der Waals surface area contributed by atoms with Crippen LogP contribution in [0.2, 0.25) is 0 Å². The van der Waals surface area contributed by atoms with Crippen molar-refractivity contribution in [3.63, 3.8) is 0 Å². The predicted molar refractivity (Wildman–Crippen MR) is 125 cm³/mol. The maximum atomic E-state index is 14.8. The van der Waals surface area contributed by atoms with Crippen LogP contribution in [0.3, 0.4) is 0 Å². The fourth-order valence-electron chi connectivity index (χ4n) is 5.63. The van der Waals surface area contributed by atoms with Gasteiger partial charge < -0.3 is 10.2 Å². The number of amides is 2. The largest absolute Gasteiger partial charge is 0.342 e. The van der Waals surface area contributed by atoms with Crippen molar-refractivity contribution < 1.29 is 19.5 Å². The zero-order valence-corrected chi connectivity index (χ0v) is 19.4. The number of carbonyl (C=O) groups is 2. The molecule has 3 fully saturated rings. The van der Waals surface area contributed by atoms with Crippen LogP contribution in [0.25, 0.3) is 0 Å². The number of aromatic nitrogens is 1. The number of nitrogens with one attached hydrogen (secondary N) is 3. The Bertz CT molecular complexity index is 1170. The molecule has 0 radical (unpaired) electrons. The highest BCUT2D eigenvalue weighted by Gasteiger charge is 2.52. The molecule has 2 amide bonds. The van der Waals surface area contributed by atoms with Gasteiger partial charge in [-0.05, 0) is 55.1 Å². The molecule has 35 heavy (non-hydrogen) atoms. The Labute approximate surface area is 203 Å². The SMILES string of the molecule is O=C(N[C@@H](c1ccccc1)c1ccc(C2CC2)c(F)n1)[C@@H]1[C@H]2CC[C@H]2CN1C(=O)CC1=CN[NH2+]N1. The molecular formula is C26H30FN6O2+. The van der Waals surface area contributed by atoms with Crippen LogP contribution in [-0.4, -0.2) is 34.3 Å². The Hall–Kier alpha value is -3.46. The van der Waals surface area contributed by atoms with E-state index in [9.17, 15) is 14.0 Å². The minimum atomic E-state index is -0.597. The molecule has 2 aliphatic heterocycles. The zero-order chi connectivity index (χ0) is 23.9. The average molecular weight is 478 g/mol. The van der Waals surface area contributed by atoms with Crippen molar-refractivity contribution in [3.8, 4) is 0 Å². The summed E-state index contributed by atoms with van der Waals surface area (Å²) in [5, 5.41) is 3.14. The van der Waals surface area contributed by atoms with Crippen LogP contribution in [0, 0.1) is 17.8 Å². The van der Waals surface area contributed by atoms with E-state index in [0.29, 0.717) is 23.7 Å². The number of rotatable bonds is 7. The summed E-state index contributed by atoms with van der Waals surface area (Å²) in [5.74, 6) is 0.0448. The fourth-order valence-corrected chi connectivity index (χ4v) is 5.63. The molecule has 2 aliphatic carbocycles. The van der Waals surface area contributed by atoms with Crippen molar-refractivity contribution in [2.24, 2.45) is 11.8 Å². The first-order valence-electron chi connectivity index (χ1n) is 12.4. The summed E-state index contributed by atoms with van der Waals surface area (Å²) in [6.07, 6.45) is 5.92. The number of benzene rings is 1. The van der Waals surface area contributed by atoms with E-state index in [1.165, 1.54) is 0 Å². The Morgan fingerprint density at radius 3 is 2.63 bits per heavy atom. The Balaban J connectivity index is 1.26. The third-order valence-corrected chi connectivity index (χ3v) is 7.81. The normalized spacial score (nSPS) is 25.6. The van der Waals surface area contributed by atoms with Gasteiger partial charge in [0.15, 0.2) is 0 Å². The van der Waals surface area contributed by atoms with Crippen LogP contribution in [0.1, 0.15) is 60.9 Å². The Morgan fingerprint density at radius 2 is 1.97 bits per heavy atom. The van der Waals surface area contributed by atoms with Gasteiger partial charge in [-0.1, -0.05) is 36.4 Å². The molecule has 2 aromatic rings. The maximum absolute atomic E-state index is 14.8. The second kappa shape index (κ2) is 8.96. The lowest BCUT2D eigenvalue weighted by molar-refractivity contribution is -0.739. The van der Waals surface area contributed by atoms with Gasteiger partial charge in [-0.15, -0.1) is 0 Å². The molecule has 1 aromatic heterocycles. The van der Waals surface area contributed by atoms with E-state index in [1.807, 2.05) is 36.4 Å². The molecule has 2 saturated carbocycles. The summed E-state index contributed by atoms with van der Waals surface area (Å²) in [7, 11) is 0.